The summed E-state index contributed by atoms with van der Waals surface area (Å²) in [5, 5.41) is 20.8. The maximum absolute atomic E-state index is 9.34. The van der Waals surface area contributed by atoms with E-state index in [0.717, 1.165) is 44.2 Å². The summed E-state index contributed by atoms with van der Waals surface area (Å²) in [6.07, 6.45) is 6.07. The predicted octanol–water partition coefficient (Wildman–Crippen LogP) is 7.72. The zero-order valence-electron chi connectivity index (χ0n) is 23.4. The first-order valence-electron chi connectivity index (χ1n) is 13.7. The van der Waals surface area contributed by atoms with Gasteiger partial charge in [0.05, 0.1) is 27.8 Å². The van der Waals surface area contributed by atoms with E-state index in [0.29, 0.717) is 22.8 Å². The second-order valence-corrected chi connectivity index (χ2v) is 10.4. The van der Waals surface area contributed by atoms with Crippen LogP contribution in [-0.4, -0.2) is 24.5 Å². The van der Waals surface area contributed by atoms with Crippen LogP contribution in [0.15, 0.2) is 104 Å². The van der Waals surface area contributed by atoms with E-state index >= 15 is 0 Å². The molecular weight excluding hydrogens is 530 g/mol. The lowest BCUT2D eigenvalue weighted by molar-refractivity contribution is 1.12. The van der Waals surface area contributed by atoms with E-state index in [-0.39, 0.29) is 0 Å². The molecule has 4 aromatic carbocycles. The minimum atomic E-state index is 0.382. The van der Waals surface area contributed by atoms with Crippen molar-refractivity contribution in [2.24, 2.45) is 0 Å². The molecule has 7 rings (SSSR count). The van der Waals surface area contributed by atoms with E-state index in [2.05, 4.69) is 105 Å². The Morgan fingerprint density at radius 1 is 0.581 bits per heavy atom. The average molecular weight is 554 g/mol. The Kier molecular flexibility index (Phi) is 6.19. The van der Waals surface area contributed by atoms with Gasteiger partial charge in [0.15, 0.2) is 11.6 Å². The van der Waals surface area contributed by atoms with Gasteiger partial charge in [-0.1, -0.05) is 48.0 Å². The number of hydrogen-bond acceptors (Lipinski definition) is 6. The molecular formula is C36H23N7. The van der Waals surface area contributed by atoms with E-state index in [4.69, 9.17) is 0 Å². The summed E-state index contributed by atoms with van der Waals surface area (Å²) in [6.45, 7) is 4.26. The maximum atomic E-state index is 9.34. The molecule has 0 fully saturated rings. The molecule has 7 nitrogen and oxygen atoms in total. The topological polar surface area (TPSA) is 104 Å². The molecule has 0 amide bonds. The quantitative estimate of drug-likeness (QED) is 0.221. The molecule has 0 aliphatic carbocycles. The highest BCUT2D eigenvalue weighted by molar-refractivity contribution is 6.11. The molecule has 0 saturated heterocycles. The Hall–Kier alpha value is -6.18. The molecule has 202 valence electrons. The summed E-state index contributed by atoms with van der Waals surface area (Å²) in [6, 6.07) is 31.6. The van der Waals surface area contributed by atoms with Crippen molar-refractivity contribution in [1.29, 1.82) is 10.5 Å². The molecule has 0 unspecified atom stereocenters. The summed E-state index contributed by atoms with van der Waals surface area (Å²) < 4.78 is 2.23. The highest BCUT2D eigenvalue weighted by Crippen LogP contribution is 2.38. The summed E-state index contributed by atoms with van der Waals surface area (Å²) in [5.41, 5.74) is 10.1. The average Bonchev–Trinajstić information content (AvgIpc) is 3.38. The van der Waals surface area contributed by atoms with Crippen molar-refractivity contribution in [3.63, 3.8) is 0 Å². The van der Waals surface area contributed by atoms with Crippen molar-refractivity contribution >= 4 is 21.8 Å². The molecule has 0 atom stereocenters. The first-order chi connectivity index (χ1) is 21.0. The number of nitriles is 2. The van der Waals surface area contributed by atoms with Gasteiger partial charge in [-0.15, -0.1) is 0 Å². The predicted molar refractivity (Wildman–Crippen MR) is 167 cm³/mol. The van der Waals surface area contributed by atoms with Gasteiger partial charge in [0.1, 0.15) is 12.1 Å². The number of para-hydroxylation sites is 1. The van der Waals surface area contributed by atoms with E-state index in [1.165, 1.54) is 41.5 Å². The van der Waals surface area contributed by atoms with Crippen molar-refractivity contribution in [1.82, 2.24) is 24.5 Å². The van der Waals surface area contributed by atoms with Crippen molar-refractivity contribution in [2.75, 3.05) is 0 Å². The van der Waals surface area contributed by atoms with Gasteiger partial charge in [-0.25, -0.2) is 19.9 Å². The van der Waals surface area contributed by atoms with Crippen molar-refractivity contribution in [2.45, 2.75) is 13.8 Å². The van der Waals surface area contributed by atoms with E-state index < -0.39 is 0 Å². The van der Waals surface area contributed by atoms with Gasteiger partial charge in [-0.3, -0.25) is 0 Å². The van der Waals surface area contributed by atoms with Gasteiger partial charge in [0.25, 0.3) is 0 Å². The molecule has 0 aliphatic rings. The van der Waals surface area contributed by atoms with Crippen LogP contribution in [0.25, 0.3) is 61.4 Å². The number of aryl methyl sites for hydroxylation is 2. The number of rotatable bonds is 4. The first kappa shape index (κ1) is 25.8. The van der Waals surface area contributed by atoms with Crippen LogP contribution in [0.4, 0.5) is 0 Å². The molecule has 3 heterocycles. The Labute approximate surface area is 248 Å². The summed E-state index contributed by atoms with van der Waals surface area (Å²) in [7, 11) is 0. The molecule has 7 heteroatoms. The van der Waals surface area contributed by atoms with Crippen LogP contribution in [0.3, 0.4) is 0 Å². The molecule has 43 heavy (non-hydrogen) atoms. The smallest absolute Gasteiger partial charge is 0.161 e. The van der Waals surface area contributed by atoms with Crippen molar-refractivity contribution in [3.8, 4) is 51.7 Å². The highest BCUT2D eigenvalue weighted by Gasteiger charge is 2.19. The summed E-state index contributed by atoms with van der Waals surface area (Å²) >= 11 is 0. The zero-order valence-corrected chi connectivity index (χ0v) is 23.4. The monoisotopic (exact) mass is 553 g/mol. The first-order valence-corrected chi connectivity index (χ1v) is 13.7. The Balaban J connectivity index is 1.48. The second-order valence-electron chi connectivity index (χ2n) is 10.4. The molecule has 0 spiro atoms. The van der Waals surface area contributed by atoms with Crippen LogP contribution in [0, 0.1) is 36.5 Å². The van der Waals surface area contributed by atoms with Crippen LogP contribution in [-0.2, 0) is 0 Å². The lowest BCUT2D eigenvalue weighted by atomic mass is 9.97. The molecule has 0 bridgehead atoms. The van der Waals surface area contributed by atoms with Gasteiger partial charge >= 0.3 is 0 Å². The summed E-state index contributed by atoms with van der Waals surface area (Å²) in [5.74, 6) is 0.961. The third kappa shape index (κ3) is 4.46. The number of nitrogens with zero attached hydrogens (tertiary/aromatic N) is 7. The fraction of sp³-hybridized carbons (Fsp3) is 0.0556. The van der Waals surface area contributed by atoms with Crippen molar-refractivity contribution in [3.05, 3.63) is 126 Å². The molecule has 0 radical (unpaired) electrons. The molecule has 0 N–H and O–H groups in total. The lowest BCUT2D eigenvalue weighted by Crippen LogP contribution is -2.01. The largest absolute Gasteiger partial charge is 0.309 e. The van der Waals surface area contributed by atoms with Crippen LogP contribution in [0.1, 0.15) is 22.3 Å². The standard InChI is InChI=1S/C36H23N7/c1-22-7-10-28(23(2)13-22)26-8-11-33-30(14-26)29-5-3-4-6-32(29)43(33)34-12-9-27(35-39-18-24(16-37)19-40-35)15-31(34)36-41-20-25(17-38)21-42-36/h3-15,18-21H,1-2H3. The van der Waals surface area contributed by atoms with Crippen LogP contribution < -0.4 is 0 Å². The second kappa shape index (κ2) is 10.3. The summed E-state index contributed by atoms with van der Waals surface area (Å²) in [4.78, 5) is 17.9. The lowest BCUT2D eigenvalue weighted by Gasteiger charge is -2.15. The van der Waals surface area contributed by atoms with Gasteiger partial charge < -0.3 is 4.57 Å². The Bertz CT molecular complexity index is 2270. The van der Waals surface area contributed by atoms with E-state index in [9.17, 15) is 10.5 Å². The third-order valence-electron chi connectivity index (χ3n) is 7.66. The Morgan fingerprint density at radius 2 is 1.23 bits per heavy atom. The van der Waals surface area contributed by atoms with Gasteiger partial charge in [-0.05, 0) is 66.9 Å². The van der Waals surface area contributed by atoms with Gasteiger partial charge in [0.2, 0.25) is 0 Å². The minimum Gasteiger partial charge on any atom is -0.309 e. The molecule has 0 saturated carbocycles. The van der Waals surface area contributed by atoms with Crippen LogP contribution >= 0.6 is 0 Å². The molecule has 0 aliphatic heterocycles. The third-order valence-corrected chi connectivity index (χ3v) is 7.66. The molecule has 7 aromatic rings. The van der Waals surface area contributed by atoms with Gasteiger partial charge in [0, 0.05) is 46.7 Å². The fourth-order valence-electron chi connectivity index (χ4n) is 5.65. The van der Waals surface area contributed by atoms with E-state index in [1.54, 1.807) is 0 Å². The van der Waals surface area contributed by atoms with Gasteiger partial charge in [-0.2, -0.15) is 10.5 Å². The molecule has 3 aromatic heterocycles. The number of aromatic nitrogens is 5. The number of benzene rings is 4. The van der Waals surface area contributed by atoms with Crippen molar-refractivity contribution < 1.29 is 0 Å². The number of fused-ring (bicyclic) bond motifs is 3. The maximum Gasteiger partial charge on any atom is 0.161 e. The fourth-order valence-corrected chi connectivity index (χ4v) is 5.65. The van der Waals surface area contributed by atoms with Crippen LogP contribution in [0.5, 0.6) is 0 Å². The highest BCUT2D eigenvalue weighted by atomic mass is 15.0. The van der Waals surface area contributed by atoms with E-state index in [1.807, 2.05) is 24.3 Å². The van der Waals surface area contributed by atoms with Crippen LogP contribution in [0.2, 0.25) is 0 Å². The number of hydrogen-bond donors (Lipinski definition) is 0. The Morgan fingerprint density at radius 3 is 1.93 bits per heavy atom. The minimum absolute atomic E-state index is 0.382. The zero-order chi connectivity index (χ0) is 29.5. The normalized spacial score (nSPS) is 11.0. The SMILES string of the molecule is Cc1ccc(-c2ccc3c(c2)c2ccccc2n3-c2ccc(-c3ncc(C#N)cn3)cc2-c2ncc(C#N)cn2)c(C)c1.